The summed E-state index contributed by atoms with van der Waals surface area (Å²) < 4.78 is 5.42. The summed E-state index contributed by atoms with van der Waals surface area (Å²) in [6.07, 6.45) is 1.64. The van der Waals surface area contributed by atoms with Gasteiger partial charge in [-0.05, 0) is 12.8 Å². The first kappa shape index (κ1) is 10.8. The van der Waals surface area contributed by atoms with Gasteiger partial charge in [-0.2, -0.15) is 0 Å². The fraction of sp³-hybridized carbons (Fsp3) is 0.333. The zero-order valence-corrected chi connectivity index (χ0v) is 8.28. The Bertz CT molecular complexity index is 267. The number of ether oxygens (including phenoxy) is 1. The first-order valence-corrected chi connectivity index (χ1v) is 4.82. The molecule has 76 valence electrons. The minimum absolute atomic E-state index is 0.223. The summed E-state index contributed by atoms with van der Waals surface area (Å²) in [6, 6.07) is 9.81. The highest BCUT2D eigenvalue weighted by atomic mass is 16.5. The van der Waals surface area contributed by atoms with E-state index in [2.05, 4.69) is 6.58 Å². The lowest BCUT2D eigenvalue weighted by atomic mass is 10.2. The molecular weight excluding hydrogens is 176 g/mol. The minimum atomic E-state index is 0.223. The molecule has 1 rings (SSSR count). The highest BCUT2D eigenvalue weighted by molar-refractivity contribution is 5.56. The van der Waals surface area contributed by atoms with Crippen LogP contribution in [0.15, 0.2) is 36.9 Å². The Morgan fingerprint density at radius 3 is 2.57 bits per heavy atom. The smallest absolute Gasteiger partial charge is 0.119 e. The number of aliphatic hydroxyl groups is 1. The maximum absolute atomic E-state index is 8.57. The van der Waals surface area contributed by atoms with Crippen LogP contribution in [-0.2, 0) is 4.74 Å². The van der Waals surface area contributed by atoms with Gasteiger partial charge in [0.1, 0.15) is 5.76 Å². The fourth-order valence-electron chi connectivity index (χ4n) is 1.12. The van der Waals surface area contributed by atoms with Crippen molar-refractivity contribution in [1.82, 2.24) is 0 Å². The molecule has 1 aromatic rings. The first-order valence-electron chi connectivity index (χ1n) is 4.82. The maximum atomic E-state index is 8.57. The van der Waals surface area contributed by atoms with Crippen molar-refractivity contribution in [2.45, 2.75) is 12.8 Å². The van der Waals surface area contributed by atoms with Gasteiger partial charge in [0.2, 0.25) is 0 Å². The lowest BCUT2D eigenvalue weighted by Crippen LogP contribution is -1.95. The van der Waals surface area contributed by atoms with Crippen molar-refractivity contribution < 1.29 is 9.84 Å². The molecule has 0 aliphatic carbocycles. The number of rotatable bonds is 6. The average molecular weight is 192 g/mol. The van der Waals surface area contributed by atoms with Crippen LogP contribution in [0.2, 0.25) is 0 Å². The van der Waals surface area contributed by atoms with Crippen LogP contribution in [0.3, 0.4) is 0 Å². The van der Waals surface area contributed by atoms with Crippen LogP contribution in [-0.4, -0.2) is 18.3 Å². The highest BCUT2D eigenvalue weighted by Gasteiger charge is 1.97. The van der Waals surface area contributed by atoms with Gasteiger partial charge >= 0.3 is 0 Å². The summed E-state index contributed by atoms with van der Waals surface area (Å²) in [7, 11) is 0. The molecule has 1 aromatic carbocycles. The molecule has 0 saturated carbocycles. The predicted molar refractivity (Wildman–Crippen MR) is 57.7 cm³/mol. The standard InChI is InChI=1S/C12H16O2/c1-11(14-10-6-5-9-13)12-7-3-2-4-8-12/h2-4,7-8,13H,1,5-6,9-10H2. The Hall–Kier alpha value is -1.28. The Kier molecular flexibility index (Phi) is 4.79. The van der Waals surface area contributed by atoms with E-state index in [1.54, 1.807) is 0 Å². The Morgan fingerprint density at radius 2 is 1.93 bits per heavy atom. The van der Waals surface area contributed by atoms with Gasteiger partial charge in [0.05, 0.1) is 6.61 Å². The number of hydrogen-bond donors (Lipinski definition) is 1. The van der Waals surface area contributed by atoms with E-state index in [9.17, 15) is 0 Å². The third-order valence-corrected chi connectivity index (χ3v) is 1.92. The van der Waals surface area contributed by atoms with Crippen molar-refractivity contribution in [2.24, 2.45) is 0 Å². The van der Waals surface area contributed by atoms with Crippen LogP contribution in [0.5, 0.6) is 0 Å². The van der Waals surface area contributed by atoms with Crippen LogP contribution in [0.25, 0.3) is 5.76 Å². The molecule has 2 heteroatoms. The van der Waals surface area contributed by atoms with Crippen molar-refractivity contribution in [3.8, 4) is 0 Å². The summed E-state index contributed by atoms with van der Waals surface area (Å²) >= 11 is 0. The first-order chi connectivity index (χ1) is 6.84. The van der Waals surface area contributed by atoms with E-state index >= 15 is 0 Å². The van der Waals surface area contributed by atoms with Crippen molar-refractivity contribution in [2.75, 3.05) is 13.2 Å². The maximum Gasteiger partial charge on any atom is 0.119 e. The van der Waals surface area contributed by atoms with Crippen LogP contribution in [0, 0.1) is 0 Å². The molecule has 0 unspecified atom stereocenters. The summed E-state index contributed by atoms with van der Waals surface area (Å²) in [5, 5.41) is 8.57. The van der Waals surface area contributed by atoms with Gasteiger partial charge in [-0.1, -0.05) is 36.9 Å². The summed E-state index contributed by atoms with van der Waals surface area (Å²) in [5.41, 5.74) is 1.01. The highest BCUT2D eigenvalue weighted by Crippen LogP contribution is 2.12. The molecule has 14 heavy (non-hydrogen) atoms. The molecule has 0 amide bonds. The minimum Gasteiger partial charge on any atom is -0.494 e. The van der Waals surface area contributed by atoms with Gasteiger partial charge < -0.3 is 9.84 Å². The number of aliphatic hydroxyl groups excluding tert-OH is 1. The zero-order chi connectivity index (χ0) is 10.2. The molecule has 0 heterocycles. The lowest BCUT2D eigenvalue weighted by molar-refractivity contribution is 0.235. The van der Waals surface area contributed by atoms with E-state index in [-0.39, 0.29) is 6.61 Å². The van der Waals surface area contributed by atoms with Crippen LogP contribution >= 0.6 is 0 Å². The van der Waals surface area contributed by atoms with Crippen LogP contribution in [0.4, 0.5) is 0 Å². The molecule has 0 bridgehead atoms. The second-order valence-corrected chi connectivity index (χ2v) is 3.07. The van der Waals surface area contributed by atoms with E-state index in [1.165, 1.54) is 0 Å². The van der Waals surface area contributed by atoms with Gasteiger partial charge in [-0.15, -0.1) is 0 Å². The third-order valence-electron chi connectivity index (χ3n) is 1.92. The predicted octanol–water partition coefficient (Wildman–Crippen LogP) is 2.45. The summed E-state index contributed by atoms with van der Waals surface area (Å²) in [4.78, 5) is 0. The molecule has 1 N–H and O–H groups in total. The second-order valence-electron chi connectivity index (χ2n) is 3.07. The topological polar surface area (TPSA) is 29.5 Å². The third kappa shape index (κ3) is 3.62. The Morgan fingerprint density at radius 1 is 1.21 bits per heavy atom. The van der Waals surface area contributed by atoms with Gasteiger partial charge in [0.15, 0.2) is 0 Å². The van der Waals surface area contributed by atoms with Crippen molar-refractivity contribution in [3.63, 3.8) is 0 Å². The van der Waals surface area contributed by atoms with E-state index in [0.717, 1.165) is 18.4 Å². The molecule has 0 radical (unpaired) electrons. The van der Waals surface area contributed by atoms with E-state index in [1.807, 2.05) is 30.3 Å². The van der Waals surface area contributed by atoms with Crippen LogP contribution in [0.1, 0.15) is 18.4 Å². The van der Waals surface area contributed by atoms with E-state index in [0.29, 0.717) is 12.4 Å². The molecule has 0 aromatic heterocycles. The average Bonchev–Trinajstić information content (AvgIpc) is 2.25. The van der Waals surface area contributed by atoms with Crippen LogP contribution < -0.4 is 0 Å². The Labute approximate surface area is 84.8 Å². The van der Waals surface area contributed by atoms with E-state index in [4.69, 9.17) is 9.84 Å². The van der Waals surface area contributed by atoms with Gasteiger partial charge in [0, 0.05) is 12.2 Å². The number of benzene rings is 1. The molecule has 0 fully saturated rings. The molecular formula is C12H16O2. The van der Waals surface area contributed by atoms with Gasteiger partial charge in [-0.3, -0.25) is 0 Å². The molecule has 2 nitrogen and oxygen atoms in total. The Balaban J connectivity index is 2.29. The quantitative estimate of drug-likeness (QED) is 0.554. The van der Waals surface area contributed by atoms with Crippen molar-refractivity contribution in [1.29, 1.82) is 0 Å². The van der Waals surface area contributed by atoms with Crippen molar-refractivity contribution in [3.05, 3.63) is 42.5 Å². The molecule has 0 aliphatic heterocycles. The van der Waals surface area contributed by atoms with Gasteiger partial charge in [0.25, 0.3) is 0 Å². The van der Waals surface area contributed by atoms with Gasteiger partial charge in [-0.25, -0.2) is 0 Å². The summed E-state index contributed by atoms with van der Waals surface area (Å²) in [6.45, 7) is 4.68. The normalized spacial score (nSPS) is 9.79. The molecule has 0 spiro atoms. The number of hydrogen-bond acceptors (Lipinski definition) is 2. The van der Waals surface area contributed by atoms with Crippen molar-refractivity contribution >= 4 is 5.76 Å². The second kappa shape index (κ2) is 6.22. The van der Waals surface area contributed by atoms with E-state index < -0.39 is 0 Å². The summed E-state index contributed by atoms with van der Waals surface area (Å²) in [5.74, 6) is 0.698. The fourth-order valence-corrected chi connectivity index (χ4v) is 1.12. The lowest BCUT2D eigenvalue weighted by Gasteiger charge is -2.08. The zero-order valence-electron chi connectivity index (χ0n) is 8.28. The largest absolute Gasteiger partial charge is 0.494 e. The monoisotopic (exact) mass is 192 g/mol. The number of unbranched alkanes of at least 4 members (excludes halogenated alkanes) is 1. The molecule has 0 saturated heterocycles. The SMILES string of the molecule is C=C(OCCCCO)c1ccccc1. The molecule has 0 aliphatic rings. The molecule has 0 atom stereocenters.